The van der Waals surface area contributed by atoms with Gasteiger partial charge in [-0.15, -0.1) is 0 Å². The van der Waals surface area contributed by atoms with E-state index in [-0.39, 0.29) is 0 Å². The Morgan fingerprint density at radius 3 is 2.14 bits per heavy atom. The van der Waals surface area contributed by atoms with Gasteiger partial charge in [0.05, 0.1) is 0 Å². The van der Waals surface area contributed by atoms with Crippen molar-refractivity contribution in [3.63, 3.8) is 0 Å². The van der Waals surface area contributed by atoms with Crippen LogP contribution in [0.2, 0.25) is 0 Å². The molecule has 0 aliphatic heterocycles. The second-order valence-corrected chi connectivity index (χ2v) is 2.58. The first-order valence-corrected chi connectivity index (χ1v) is 4.66. The average Bonchev–Trinajstić information content (AvgIpc) is 2.20. The molecular weight excluding hydrogens is 176 g/mol. The summed E-state index contributed by atoms with van der Waals surface area (Å²) in [5.41, 5.74) is 2.07. The minimum atomic E-state index is -0.921. The summed E-state index contributed by atoms with van der Waals surface area (Å²) in [6.07, 6.45) is 2.70. The lowest BCUT2D eigenvalue weighted by atomic mass is 10.1. The Morgan fingerprint density at radius 1 is 1.21 bits per heavy atom. The van der Waals surface area contributed by atoms with E-state index in [2.05, 4.69) is 0 Å². The van der Waals surface area contributed by atoms with Gasteiger partial charge in [0.25, 0.3) is 0 Å². The SMILES string of the molecule is CC.Cc1ccc(/C=C/C(=O)O)cc1. The first kappa shape index (κ1) is 12.4. The molecule has 0 unspecified atom stereocenters. The highest BCUT2D eigenvalue weighted by atomic mass is 16.4. The Hall–Kier alpha value is -1.57. The summed E-state index contributed by atoms with van der Waals surface area (Å²) in [6.45, 7) is 5.99. The van der Waals surface area contributed by atoms with Gasteiger partial charge in [0.2, 0.25) is 0 Å². The Labute approximate surface area is 84.9 Å². The molecule has 0 saturated carbocycles. The van der Waals surface area contributed by atoms with Gasteiger partial charge < -0.3 is 5.11 Å². The van der Waals surface area contributed by atoms with Crippen molar-refractivity contribution in [2.75, 3.05) is 0 Å². The molecule has 14 heavy (non-hydrogen) atoms. The lowest BCUT2D eigenvalue weighted by molar-refractivity contribution is -0.131. The molecule has 0 spiro atoms. The van der Waals surface area contributed by atoms with Gasteiger partial charge in [-0.1, -0.05) is 43.7 Å². The quantitative estimate of drug-likeness (QED) is 0.731. The highest BCUT2D eigenvalue weighted by Gasteiger charge is 1.88. The lowest BCUT2D eigenvalue weighted by Gasteiger charge is -1.92. The van der Waals surface area contributed by atoms with Gasteiger partial charge in [0, 0.05) is 6.08 Å². The van der Waals surface area contributed by atoms with E-state index in [4.69, 9.17) is 5.11 Å². The summed E-state index contributed by atoms with van der Waals surface area (Å²) in [5, 5.41) is 8.34. The van der Waals surface area contributed by atoms with Crippen molar-refractivity contribution in [2.24, 2.45) is 0 Å². The Morgan fingerprint density at radius 2 is 1.71 bits per heavy atom. The number of rotatable bonds is 2. The van der Waals surface area contributed by atoms with Gasteiger partial charge in [-0.05, 0) is 18.6 Å². The number of hydrogen-bond acceptors (Lipinski definition) is 1. The van der Waals surface area contributed by atoms with E-state index in [0.29, 0.717) is 0 Å². The van der Waals surface area contributed by atoms with Crippen LogP contribution in [-0.4, -0.2) is 11.1 Å². The Bertz CT molecular complexity index is 297. The van der Waals surface area contributed by atoms with Crippen molar-refractivity contribution in [1.82, 2.24) is 0 Å². The third-order valence-corrected chi connectivity index (χ3v) is 1.50. The molecular formula is C12H16O2. The summed E-state index contributed by atoms with van der Waals surface area (Å²) in [5.74, 6) is -0.921. The molecule has 1 N–H and O–H groups in total. The predicted octanol–water partition coefficient (Wildman–Crippen LogP) is 3.12. The fraction of sp³-hybridized carbons (Fsp3) is 0.250. The van der Waals surface area contributed by atoms with Crippen molar-refractivity contribution in [3.05, 3.63) is 41.5 Å². The van der Waals surface area contributed by atoms with E-state index in [1.165, 1.54) is 5.56 Å². The zero-order valence-electron chi connectivity index (χ0n) is 8.82. The molecule has 0 amide bonds. The van der Waals surface area contributed by atoms with E-state index in [9.17, 15) is 4.79 Å². The normalized spacial score (nSPS) is 9.36. The number of aliphatic carboxylic acids is 1. The summed E-state index contributed by atoms with van der Waals surface area (Å²) < 4.78 is 0. The fourth-order valence-corrected chi connectivity index (χ4v) is 0.845. The van der Waals surface area contributed by atoms with Crippen molar-refractivity contribution in [2.45, 2.75) is 20.8 Å². The molecule has 0 aliphatic rings. The molecule has 1 aromatic carbocycles. The standard InChI is InChI=1S/C10H10O2.C2H6/c1-8-2-4-9(5-3-8)6-7-10(11)12;1-2/h2-7H,1H3,(H,11,12);1-2H3/b7-6+;. The van der Waals surface area contributed by atoms with Crippen molar-refractivity contribution in [1.29, 1.82) is 0 Å². The molecule has 0 radical (unpaired) electrons. The fourth-order valence-electron chi connectivity index (χ4n) is 0.845. The largest absolute Gasteiger partial charge is 0.478 e. The van der Waals surface area contributed by atoms with E-state index in [0.717, 1.165) is 11.6 Å². The average molecular weight is 192 g/mol. The summed E-state index contributed by atoms with van der Waals surface area (Å²) in [7, 11) is 0. The van der Waals surface area contributed by atoms with E-state index < -0.39 is 5.97 Å². The number of carboxylic acid groups (broad SMARTS) is 1. The zero-order valence-corrected chi connectivity index (χ0v) is 8.82. The predicted molar refractivity (Wildman–Crippen MR) is 59.2 cm³/mol. The number of hydrogen-bond donors (Lipinski definition) is 1. The molecule has 76 valence electrons. The van der Waals surface area contributed by atoms with Gasteiger partial charge in [-0.25, -0.2) is 4.79 Å². The second kappa shape index (κ2) is 6.89. The number of benzene rings is 1. The van der Waals surface area contributed by atoms with Gasteiger partial charge in [-0.3, -0.25) is 0 Å². The van der Waals surface area contributed by atoms with Crippen LogP contribution in [0.3, 0.4) is 0 Å². The van der Waals surface area contributed by atoms with Gasteiger partial charge in [0.15, 0.2) is 0 Å². The summed E-state index contributed by atoms with van der Waals surface area (Å²) >= 11 is 0. The maximum atomic E-state index is 10.2. The Kier molecular flexibility index (Phi) is 6.12. The second-order valence-electron chi connectivity index (χ2n) is 2.58. The zero-order chi connectivity index (χ0) is 11.0. The molecule has 0 saturated heterocycles. The highest BCUT2D eigenvalue weighted by molar-refractivity contribution is 5.85. The molecule has 0 aromatic heterocycles. The third kappa shape index (κ3) is 5.14. The molecule has 0 heterocycles. The number of carbonyl (C=O) groups is 1. The van der Waals surface area contributed by atoms with Crippen LogP contribution in [0.5, 0.6) is 0 Å². The highest BCUT2D eigenvalue weighted by Crippen LogP contribution is 2.04. The van der Waals surface area contributed by atoms with Crippen LogP contribution in [0.1, 0.15) is 25.0 Å². The third-order valence-electron chi connectivity index (χ3n) is 1.50. The topological polar surface area (TPSA) is 37.3 Å². The van der Waals surface area contributed by atoms with Crippen LogP contribution in [0, 0.1) is 6.92 Å². The molecule has 2 nitrogen and oxygen atoms in total. The summed E-state index contributed by atoms with van der Waals surface area (Å²) in [4.78, 5) is 10.2. The van der Waals surface area contributed by atoms with E-state index in [1.807, 2.05) is 45.0 Å². The van der Waals surface area contributed by atoms with Crippen LogP contribution >= 0.6 is 0 Å². The maximum absolute atomic E-state index is 10.2. The molecule has 0 bridgehead atoms. The number of carboxylic acids is 1. The molecule has 1 aromatic rings. The van der Waals surface area contributed by atoms with Crippen molar-refractivity contribution >= 4 is 12.0 Å². The van der Waals surface area contributed by atoms with Crippen LogP contribution in [0.4, 0.5) is 0 Å². The summed E-state index contributed by atoms with van der Waals surface area (Å²) in [6, 6.07) is 7.66. The molecule has 0 aliphatic carbocycles. The molecule has 0 fully saturated rings. The van der Waals surface area contributed by atoms with Gasteiger partial charge in [0.1, 0.15) is 0 Å². The smallest absolute Gasteiger partial charge is 0.328 e. The van der Waals surface area contributed by atoms with Gasteiger partial charge >= 0.3 is 5.97 Å². The first-order chi connectivity index (χ1) is 6.68. The van der Waals surface area contributed by atoms with Gasteiger partial charge in [-0.2, -0.15) is 0 Å². The van der Waals surface area contributed by atoms with Crippen LogP contribution in [0.25, 0.3) is 6.08 Å². The first-order valence-electron chi connectivity index (χ1n) is 4.66. The van der Waals surface area contributed by atoms with Crippen molar-refractivity contribution < 1.29 is 9.90 Å². The lowest BCUT2D eigenvalue weighted by Crippen LogP contribution is -1.85. The van der Waals surface area contributed by atoms with Crippen molar-refractivity contribution in [3.8, 4) is 0 Å². The molecule has 2 heteroatoms. The van der Waals surface area contributed by atoms with E-state index >= 15 is 0 Å². The minimum Gasteiger partial charge on any atom is -0.478 e. The monoisotopic (exact) mass is 192 g/mol. The van der Waals surface area contributed by atoms with Crippen LogP contribution in [-0.2, 0) is 4.79 Å². The van der Waals surface area contributed by atoms with Crippen LogP contribution in [0.15, 0.2) is 30.3 Å². The van der Waals surface area contributed by atoms with E-state index in [1.54, 1.807) is 6.08 Å². The van der Waals surface area contributed by atoms with Crippen LogP contribution < -0.4 is 0 Å². The number of aryl methyl sites for hydroxylation is 1. The molecule has 1 rings (SSSR count). The Balaban J connectivity index is 0.000000791. The molecule has 0 atom stereocenters. The maximum Gasteiger partial charge on any atom is 0.328 e. The minimum absolute atomic E-state index is 0.906.